The quantitative estimate of drug-likeness (QED) is 0.314. The standard InChI is InChI=1S/C26H26FNO6/c1-31-21-11-6-20(7-12-21)25(28-32-2)17-34-22-9-3-18(4-10-22)16-33-23-13-5-19(24(27)15-23)8-14-26(29)30/h3-7,9-13,15H,8,14,16-17H2,1-2H3,(H,29,30)/p+1/b28-25+. The Bertz CT molecular complexity index is 1110. The first-order chi connectivity index (χ1) is 16.5. The molecule has 8 heteroatoms. The summed E-state index contributed by atoms with van der Waals surface area (Å²) in [7, 11) is 3.15. The number of rotatable bonds is 12. The van der Waals surface area contributed by atoms with Crippen LogP contribution in [0.25, 0.3) is 0 Å². The first-order valence-electron chi connectivity index (χ1n) is 10.6. The number of ether oxygens (including phenoxy) is 3. The molecule has 0 saturated heterocycles. The molecular weight excluding hydrogens is 441 g/mol. The van der Waals surface area contributed by atoms with Gasteiger partial charge in [0.2, 0.25) is 0 Å². The SMILES string of the molecule is CO/[NH+]=C(\COc1ccc(COc2ccc(CCC(=O)O)c(F)c2)cc1)c1ccc(OC)cc1. The number of benzene rings is 3. The van der Waals surface area contributed by atoms with Gasteiger partial charge < -0.3 is 19.3 Å². The van der Waals surface area contributed by atoms with E-state index in [1.807, 2.05) is 48.5 Å². The fourth-order valence-corrected chi connectivity index (χ4v) is 3.15. The molecule has 0 spiro atoms. The number of carboxylic acid groups (broad SMARTS) is 1. The fraction of sp³-hybridized carbons (Fsp3) is 0.231. The van der Waals surface area contributed by atoms with Gasteiger partial charge in [0.25, 0.3) is 5.71 Å². The van der Waals surface area contributed by atoms with Crippen molar-refractivity contribution in [3.05, 3.63) is 89.2 Å². The van der Waals surface area contributed by atoms with Crippen LogP contribution < -0.4 is 19.4 Å². The van der Waals surface area contributed by atoms with Gasteiger partial charge in [0.05, 0.1) is 7.11 Å². The first kappa shape index (κ1) is 24.6. The van der Waals surface area contributed by atoms with Gasteiger partial charge in [-0.25, -0.2) is 4.39 Å². The van der Waals surface area contributed by atoms with Crippen LogP contribution in [0.3, 0.4) is 0 Å². The number of aryl methyl sites for hydroxylation is 1. The van der Waals surface area contributed by atoms with E-state index in [0.717, 1.165) is 22.6 Å². The van der Waals surface area contributed by atoms with Crippen molar-refractivity contribution >= 4 is 11.7 Å². The Morgan fingerprint density at radius 3 is 2.21 bits per heavy atom. The van der Waals surface area contributed by atoms with E-state index in [2.05, 4.69) is 5.16 Å². The average Bonchev–Trinajstić information content (AvgIpc) is 2.85. The molecule has 0 fully saturated rings. The predicted octanol–water partition coefficient (Wildman–Crippen LogP) is 2.94. The first-order valence-corrected chi connectivity index (χ1v) is 10.6. The number of hydrogen-bond acceptors (Lipinski definition) is 5. The van der Waals surface area contributed by atoms with Crippen LogP contribution in [0.15, 0.2) is 66.7 Å². The summed E-state index contributed by atoms with van der Waals surface area (Å²) in [4.78, 5) is 15.7. The summed E-state index contributed by atoms with van der Waals surface area (Å²) in [6.07, 6.45) is 0.0207. The van der Waals surface area contributed by atoms with Crippen LogP contribution in [0.1, 0.15) is 23.1 Å². The molecule has 0 saturated carbocycles. The van der Waals surface area contributed by atoms with Crippen molar-refractivity contribution in [1.29, 1.82) is 0 Å². The molecule has 3 aromatic rings. The van der Waals surface area contributed by atoms with Crippen LogP contribution in [0.4, 0.5) is 4.39 Å². The molecule has 0 aliphatic rings. The van der Waals surface area contributed by atoms with E-state index >= 15 is 0 Å². The molecule has 0 aliphatic heterocycles. The zero-order valence-electron chi connectivity index (χ0n) is 19.0. The third kappa shape index (κ3) is 7.23. The Labute approximate surface area is 197 Å². The highest BCUT2D eigenvalue weighted by Crippen LogP contribution is 2.20. The van der Waals surface area contributed by atoms with Crippen LogP contribution in [0.5, 0.6) is 17.2 Å². The van der Waals surface area contributed by atoms with Gasteiger partial charge in [-0.1, -0.05) is 18.2 Å². The number of methoxy groups -OCH3 is 1. The smallest absolute Gasteiger partial charge is 0.303 e. The second-order valence-electron chi connectivity index (χ2n) is 7.38. The van der Waals surface area contributed by atoms with E-state index in [9.17, 15) is 9.18 Å². The summed E-state index contributed by atoms with van der Waals surface area (Å²) in [5.41, 5.74) is 2.90. The summed E-state index contributed by atoms with van der Waals surface area (Å²) in [5, 5.41) is 11.6. The molecule has 0 aromatic heterocycles. The topological polar surface area (TPSA) is 88.2 Å². The minimum Gasteiger partial charge on any atom is -0.497 e. The Hall–Kier alpha value is -4.07. The minimum atomic E-state index is -0.961. The summed E-state index contributed by atoms with van der Waals surface area (Å²) < 4.78 is 30.9. The van der Waals surface area contributed by atoms with Gasteiger partial charge in [0, 0.05) is 18.1 Å². The van der Waals surface area contributed by atoms with E-state index in [-0.39, 0.29) is 26.1 Å². The number of carboxylic acids is 1. The number of hydrogen-bond donors (Lipinski definition) is 2. The Morgan fingerprint density at radius 1 is 0.912 bits per heavy atom. The summed E-state index contributed by atoms with van der Waals surface area (Å²) in [6, 6.07) is 19.4. The maximum Gasteiger partial charge on any atom is 0.303 e. The lowest BCUT2D eigenvalue weighted by atomic mass is 10.1. The third-order valence-electron chi connectivity index (χ3n) is 5.01. The molecule has 0 aliphatic carbocycles. The molecule has 3 rings (SSSR count). The van der Waals surface area contributed by atoms with Crippen LogP contribution in [0, 0.1) is 5.82 Å². The molecule has 7 nitrogen and oxygen atoms in total. The third-order valence-corrected chi connectivity index (χ3v) is 5.01. The van der Waals surface area contributed by atoms with E-state index in [4.69, 9.17) is 24.2 Å². The van der Waals surface area contributed by atoms with Gasteiger partial charge in [-0.2, -0.15) is 0 Å². The Kier molecular flexibility index (Phi) is 8.85. The second-order valence-corrected chi connectivity index (χ2v) is 7.38. The number of carbonyl (C=O) groups is 1. The van der Waals surface area contributed by atoms with Gasteiger partial charge in [-0.15, -0.1) is 0 Å². The van der Waals surface area contributed by atoms with E-state index in [0.29, 0.717) is 17.1 Å². The lowest BCUT2D eigenvalue weighted by Crippen LogP contribution is -2.72. The van der Waals surface area contributed by atoms with Gasteiger partial charge >= 0.3 is 5.97 Å². The maximum atomic E-state index is 14.1. The molecule has 0 atom stereocenters. The van der Waals surface area contributed by atoms with Crippen molar-refractivity contribution in [3.8, 4) is 17.2 Å². The van der Waals surface area contributed by atoms with Crippen LogP contribution >= 0.6 is 0 Å². The fourth-order valence-electron chi connectivity index (χ4n) is 3.15. The minimum absolute atomic E-state index is 0.119. The Balaban J connectivity index is 1.53. The molecule has 0 radical (unpaired) electrons. The Morgan fingerprint density at radius 2 is 1.59 bits per heavy atom. The van der Waals surface area contributed by atoms with Crippen molar-refractivity contribution in [1.82, 2.24) is 0 Å². The molecular formula is C26H27FNO6+. The monoisotopic (exact) mass is 468 g/mol. The average molecular weight is 469 g/mol. The summed E-state index contributed by atoms with van der Waals surface area (Å²) in [6.45, 7) is 0.520. The highest BCUT2D eigenvalue weighted by molar-refractivity contribution is 5.97. The molecule has 34 heavy (non-hydrogen) atoms. The lowest BCUT2D eigenvalue weighted by Gasteiger charge is -2.10. The van der Waals surface area contributed by atoms with Crippen molar-refractivity contribution < 1.29 is 38.5 Å². The number of nitrogens with one attached hydrogen (secondary N) is 1. The zero-order chi connectivity index (χ0) is 24.3. The number of halogens is 1. The van der Waals surface area contributed by atoms with Crippen molar-refractivity contribution in [3.63, 3.8) is 0 Å². The van der Waals surface area contributed by atoms with Crippen molar-refractivity contribution in [2.75, 3.05) is 20.8 Å². The molecule has 0 bridgehead atoms. The highest BCUT2D eigenvalue weighted by Gasteiger charge is 2.13. The molecule has 0 heterocycles. The molecule has 0 amide bonds. The zero-order valence-corrected chi connectivity index (χ0v) is 19.0. The largest absolute Gasteiger partial charge is 0.497 e. The summed E-state index contributed by atoms with van der Waals surface area (Å²) >= 11 is 0. The number of aliphatic carboxylic acids is 1. The lowest BCUT2D eigenvalue weighted by molar-refractivity contribution is -0.744. The van der Waals surface area contributed by atoms with Crippen LogP contribution in [0.2, 0.25) is 0 Å². The molecule has 0 unspecified atom stereocenters. The molecule has 178 valence electrons. The second kappa shape index (κ2) is 12.2. The highest BCUT2D eigenvalue weighted by atomic mass is 19.1. The van der Waals surface area contributed by atoms with E-state index < -0.39 is 11.8 Å². The maximum absolute atomic E-state index is 14.1. The molecule has 3 aromatic carbocycles. The van der Waals surface area contributed by atoms with Crippen molar-refractivity contribution in [2.24, 2.45) is 0 Å². The van der Waals surface area contributed by atoms with Gasteiger partial charge in [-0.3, -0.25) is 9.63 Å². The van der Waals surface area contributed by atoms with Crippen LogP contribution in [-0.4, -0.2) is 37.6 Å². The van der Waals surface area contributed by atoms with Gasteiger partial charge in [-0.05, 0) is 65.2 Å². The van der Waals surface area contributed by atoms with Gasteiger partial charge in [0.1, 0.15) is 36.8 Å². The van der Waals surface area contributed by atoms with E-state index in [1.165, 1.54) is 13.2 Å². The van der Waals surface area contributed by atoms with Crippen LogP contribution in [-0.2, 0) is 22.7 Å². The normalized spacial score (nSPS) is 11.1. The summed E-state index contributed by atoms with van der Waals surface area (Å²) in [5.74, 6) is 0.368. The molecule has 2 N–H and O–H groups in total. The predicted molar refractivity (Wildman–Crippen MR) is 124 cm³/mol. The van der Waals surface area contributed by atoms with Gasteiger partial charge in [0.15, 0.2) is 6.61 Å². The van der Waals surface area contributed by atoms with Crippen molar-refractivity contribution in [2.45, 2.75) is 19.4 Å². The van der Waals surface area contributed by atoms with E-state index in [1.54, 1.807) is 19.2 Å².